The van der Waals surface area contributed by atoms with Gasteiger partial charge in [-0.2, -0.15) is 0 Å². The Morgan fingerprint density at radius 3 is 0.750 bits per heavy atom. The van der Waals surface area contributed by atoms with E-state index < -0.39 is 0 Å². The molecule has 0 aromatic carbocycles. The van der Waals surface area contributed by atoms with E-state index in [1.54, 1.807) is 0 Å². The lowest BCUT2D eigenvalue weighted by Crippen LogP contribution is -2.48. The van der Waals surface area contributed by atoms with Crippen LogP contribution in [0.1, 0.15) is 283 Å². The highest BCUT2D eigenvalue weighted by Crippen LogP contribution is 2.45. The number of hydrogen-bond donors (Lipinski definition) is 3. The lowest BCUT2D eigenvalue weighted by Gasteiger charge is -2.38. The van der Waals surface area contributed by atoms with Gasteiger partial charge in [0.15, 0.2) is 0 Å². The molecule has 480 valence electrons. The highest BCUT2D eigenvalue weighted by Gasteiger charge is 2.35. The molecular formula is C73H150N4O3. The Hall–Kier alpha value is -0.280. The molecule has 1 atom stereocenters. The molecule has 9 fully saturated rings. The van der Waals surface area contributed by atoms with Crippen LogP contribution < -0.4 is 16.0 Å². The van der Waals surface area contributed by atoms with E-state index in [0.29, 0.717) is 48.9 Å². The highest BCUT2D eigenvalue weighted by molar-refractivity contribution is 4.87. The number of rotatable bonds is 0. The molecule has 9 aliphatic rings. The van der Waals surface area contributed by atoms with Gasteiger partial charge < -0.3 is 30.2 Å². The van der Waals surface area contributed by atoms with E-state index in [9.17, 15) is 0 Å². The molecule has 0 spiro atoms. The summed E-state index contributed by atoms with van der Waals surface area (Å²) in [5.41, 5.74) is 4.64. The molecule has 6 aliphatic heterocycles. The largest absolute Gasteiger partial charge is 0.381 e. The van der Waals surface area contributed by atoms with E-state index in [1.165, 1.54) is 136 Å². The fourth-order valence-electron chi connectivity index (χ4n) is 11.7. The SMILES string of the molecule is CC(C)(C)C1CC1.CC(C)(C)C1CCC1.CC(C)(C)C1CCCCC1.CC(C)(C)C1CCNC1.CC(C)(C)C1CCNCC1.CC(C)(C)C1CCOCC1.CC(C)(C)C1CNC1.CC(C)(C)C1COC1.CC(C)(C)N1CCOCC1. The fraction of sp³-hybridized carbons (Fsp3) is 1.00. The summed E-state index contributed by atoms with van der Waals surface area (Å²) in [5, 5.41) is 10.0. The van der Waals surface area contributed by atoms with Gasteiger partial charge in [0.2, 0.25) is 0 Å². The van der Waals surface area contributed by atoms with Crippen LogP contribution in [0.2, 0.25) is 0 Å². The summed E-state index contributed by atoms with van der Waals surface area (Å²) in [6.45, 7) is 77.8. The first kappa shape index (κ1) is 77.7. The Balaban J connectivity index is 0.000000451. The number of nitrogens with zero attached hydrogens (tertiary/aromatic N) is 1. The molecule has 6 heterocycles. The molecule has 0 amide bonds. The average Bonchev–Trinajstić information content (AvgIpc) is 3.99. The summed E-state index contributed by atoms with van der Waals surface area (Å²) in [6, 6.07) is 0. The van der Waals surface area contributed by atoms with E-state index in [1.807, 2.05) is 0 Å². The van der Waals surface area contributed by atoms with E-state index in [0.717, 1.165) is 100 Å². The van der Waals surface area contributed by atoms with E-state index in [-0.39, 0.29) is 0 Å². The van der Waals surface area contributed by atoms with Crippen molar-refractivity contribution >= 4 is 0 Å². The Morgan fingerprint density at radius 2 is 0.575 bits per heavy atom. The van der Waals surface area contributed by atoms with E-state index >= 15 is 0 Å². The lowest BCUT2D eigenvalue weighted by atomic mass is 9.69. The first-order chi connectivity index (χ1) is 36.4. The van der Waals surface area contributed by atoms with Gasteiger partial charge in [-0.15, -0.1) is 0 Å². The smallest absolute Gasteiger partial charge is 0.0594 e. The second kappa shape index (κ2) is 35.5. The van der Waals surface area contributed by atoms with Crippen molar-refractivity contribution in [2.75, 3.05) is 92.0 Å². The third-order valence-corrected chi connectivity index (χ3v) is 20.1. The first-order valence-electron chi connectivity index (χ1n) is 34.1. The van der Waals surface area contributed by atoms with Crippen LogP contribution in [-0.4, -0.2) is 102 Å². The van der Waals surface area contributed by atoms with Gasteiger partial charge >= 0.3 is 0 Å². The minimum atomic E-state index is 0.323. The molecule has 3 aliphatic carbocycles. The fourth-order valence-corrected chi connectivity index (χ4v) is 11.7. The van der Waals surface area contributed by atoms with Gasteiger partial charge in [-0.25, -0.2) is 0 Å². The summed E-state index contributed by atoms with van der Waals surface area (Å²) in [5.74, 6) is 7.52. The standard InChI is InChI=1S/C10H20.C9H19N.C9H18O.C8H17NO.C8H17N.C8H16.C7H15N.C7H14O.C7H14/c1-10(2,3)9-7-5-4-6-8-9;2*1-9(2,3)8-4-6-10-7-5-8;1-8(2,3)9-4-6-10-7-5-9;1-8(2,3)7-4-5-9-6-7;1-8(2,3)7-5-4-6-7;2*1-7(2,3)6-4-8-5-6;1-7(2,3)6-4-5-6/h9H,4-8H2,1-3H3;8,10H,4-7H2,1-3H3;8H,4-7H2,1-3H3;4-7H2,1-3H3;7,9H,4-6H2,1-3H3;7H,4-6H2,1-3H3;6,8H,4-5H2,1-3H3;6H,4-5H2,1-3H3;6H,4-5H2,1-3H3. The predicted octanol–water partition coefficient (Wildman–Crippen LogP) is 19.1. The van der Waals surface area contributed by atoms with Gasteiger partial charge in [0.05, 0.1) is 26.4 Å². The number of ether oxygens (including phenoxy) is 3. The van der Waals surface area contributed by atoms with Gasteiger partial charge in [0, 0.05) is 37.8 Å². The maximum absolute atomic E-state index is 5.29. The van der Waals surface area contributed by atoms with Crippen molar-refractivity contribution in [2.24, 2.45) is 90.7 Å². The number of morpholine rings is 1. The number of hydrogen-bond acceptors (Lipinski definition) is 7. The monoisotopic (exact) mass is 1130 g/mol. The third-order valence-electron chi connectivity index (χ3n) is 20.1. The summed E-state index contributed by atoms with van der Waals surface area (Å²) >= 11 is 0. The van der Waals surface area contributed by atoms with Crippen molar-refractivity contribution in [3.8, 4) is 0 Å². The number of piperidine rings is 1. The molecule has 80 heavy (non-hydrogen) atoms. The van der Waals surface area contributed by atoms with Crippen molar-refractivity contribution in [1.29, 1.82) is 0 Å². The predicted molar refractivity (Wildman–Crippen MR) is 355 cm³/mol. The second-order valence-electron chi connectivity index (χ2n) is 36.1. The maximum atomic E-state index is 5.29. The second-order valence-corrected chi connectivity index (χ2v) is 36.1. The molecule has 0 aromatic heterocycles. The first-order valence-corrected chi connectivity index (χ1v) is 34.1. The lowest BCUT2D eigenvalue weighted by molar-refractivity contribution is -0.0821. The van der Waals surface area contributed by atoms with Crippen LogP contribution in [0.25, 0.3) is 0 Å². The van der Waals surface area contributed by atoms with Crippen molar-refractivity contribution in [2.45, 2.75) is 289 Å². The minimum Gasteiger partial charge on any atom is -0.381 e. The van der Waals surface area contributed by atoms with Crippen LogP contribution in [0, 0.1) is 90.7 Å². The van der Waals surface area contributed by atoms with Crippen molar-refractivity contribution in [3.05, 3.63) is 0 Å². The molecule has 1 unspecified atom stereocenters. The van der Waals surface area contributed by atoms with Gasteiger partial charge in [-0.1, -0.05) is 192 Å². The van der Waals surface area contributed by atoms with Crippen LogP contribution >= 0.6 is 0 Å². The molecule has 6 saturated heterocycles. The Labute approximate surface area is 504 Å². The molecule has 0 radical (unpaired) electrons. The van der Waals surface area contributed by atoms with Gasteiger partial charge in [-0.3, -0.25) is 4.90 Å². The molecule has 0 aromatic rings. The van der Waals surface area contributed by atoms with Crippen LogP contribution in [-0.2, 0) is 14.2 Å². The summed E-state index contributed by atoms with van der Waals surface area (Å²) in [6.07, 6.45) is 21.4. The van der Waals surface area contributed by atoms with Crippen LogP contribution in [0.4, 0.5) is 0 Å². The summed E-state index contributed by atoms with van der Waals surface area (Å²) < 4.78 is 15.6. The molecule has 3 N–H and O–H groups in total. The zero-order valence-corrected chi connectivity index (χ0v) is 59.8. The summed E-state index contributed by atoms with van der Waals surface area (Å²) in [4.78, 5) is 2.45. The summed E-state index contributed by atoms with van der Waals surface area (Å²) in [7, 11) is 0. The zero-order chi connectivity index (χ0) is 61.4. The van der Waals surface area contributed by atoms with Gasteiger partial charge in [0.25, 0.3) is 0 Å². The quantitative estimate of drug-likeness (QED) is 0.223. The maximum Gasteiger partial charge on any atom is 0.0594 e. The minimum absolute atomic E-state index is 0.323. The van der Waals surface area contributed by atoms with E-state index in [4.69, 9.17) is 14.2 Å². The molecule has 3 saturated carbocycles. The Morgan fingerprint density at radius 1 is 0.263 bits per heavy atom. The molecule has 9 rings (SSSR count). The normalized spacial score (nSPS) is 23.7. The molecule has 7 heteroatoms. The Kier molecular flexibility index (Phi) is 34.5. The zero-order valence-electron chi connectivity index (χ0n) is 59.8. The third kappa shape index (κ3) is 35.4. The topological polar surface area (TPSA) is 67.0 Å². The van der Waals surface area contributed by atoms with Crippen molar-refractivity contribution in [3.63, 3.8) is 0 Å². The average molecular weight is 1130 g/mol. The van der Waals surface area contributed by atoms with E-state index in [2.05, 4.69) is 208 Å². The van der Waals surface area contributed by atoms with Gasteiger partial charge in [-0.05, 0) is 215 Å². The Bertz CT molecular complexity index is 1330. The molecule has 7 nitrogen and oxygen atoms in total. The van der Waals surface area contributed by atoms with Crippen LogP contribution in [0.15, 0.2) is 0 Å². The van der Waals surface area contributed by atoms with Crippen molar-refractivity contribution in [1.82, 2.24) is 20.9 Å². The van der Waals surface area contributed by atoms with Crippen LogP contribution in [0.5, 0.6) is 0 Å². The molecular weight excluding hydrogens is 981 g/mol. The van der Waals surface area contributed by atoms with Gasteiger partial charge in [0.1, 0.15) is 0 Å². The van der Waals surface area contributed by atoms with Crippen LogP contribution in [0.3, 0.4) is 0 Å². The molecule has 0 bridgehead atoms. The van der Waals surface area contributed by atoms with Crippen molar-refractivity contribution < 1.29 is 14.2 Å². The number of nitrogens with one attached hydrogen (secondary N) is 3. The highest BCUT2D eigenvalue weighted by atomic mass is 16.5.